The zero-order valence-corrected chi connectivity index (χ0v) is 11.0. The second-order valence-corrected chi connectivity index (χ2v) is 5.00. The van der Waals surface area contributed by atoms with Crippen molar-refractivity contribution in [1.82, 2.24) is 15.1 Å². The predicted molar refractivity (Wildman–Crippen MR) is 71.2 cm³/mol. The highest BCUT2D eigenvalue weighted by atomic mass is 16.2. The molecule has 1 fully saturated rings. The molecule has 0 spiro atoms. The number of carbonyl (C=O) groups is 1. The molecule has 1 saturated carbocycles. The van der Waals surface area contributed by atoms with Crippen molar-refractivity contribution in [3.8, 4) is 0 Å². The standard InChI is InChI=1S/C13H22N4O/c1-2-17-9-11(14)12(16-17)13(18)15-8-10-6-4-3-5-7-10/h9-10H,2-8,14H2,1H3,(H,15,18). The summed E-state index contributed by atoms with van der Waals surface area (Å²) in [6.45, 7) is 3.44. The van der Waals surface area contributed by atoms with Gasteiger partial charge in [-0.3, -0.25) is 9.48 Å². The first-order chi connectivity index (χ1) is 8.70. The molecule has 5 nitrogen and oxygen atoms in total. The molecule has 0 aliphatic heterocycles. The van der Waals surface area contributed by atoms with Gasteiger partial charge in [0.25, 0.3) is 5.91 Å². The molecule has 100 valence electrons. The summed E-state index contributed by atoms with van der Waals surface area (Å²) in [6, 6.07) is 0. The second-order valence-electron chi connectivity index (χ2n) is 5.00. The molecule has 0 saturated heterocycles. The van der Waals surface area contributed by atoms with Crippen molar-refractivity contribution < 1.29 is 4.79 Å². The number of anilines is 1. The number of nitrogens with two attached hydrogens (primary N) is 1. The maximum Gasteiger partial charge on any atom is 0.273 e. The van der Waals surface area contributed by atoms with Crippen LogP contribution < -0.4 is 11.1 Å². The fourth-order valence-corrected chi connectivity index (χ4v) is 2.49. The molecule has 1 aliphatic carbocycles. The third-order valence-corrected chi connectivity index (χ3v) is 3.61. The summed E-state index contributed by atoms with van der Waals surface area (Å²) >= 11 is 0. The van der Waals surface area contributed by atoms with E-state index < -0.39 is 0 Å². The van der Waals surface area contributed by atoms with Crippen LogP contribution in [0.1, 0.15) is 49.5 Å². The van der Waals surface area contributed by atoms with Crippen LogP contribution in [0, 0.1) is 5.92 Å². The Morgan fingerprint density at radius 1 is 1.50 bits per heavy atom. The zero-order chi connectivity index (χ0) is 13.0. The van der Waals surface area contributed by atoms with Gasteiger partial charge in [0.05, 0.1) is 5.69 Å². The molecule has 3 N–H and O–H groups in total. The molecule has 1 aliphatic rings. The fourth-order valence-electron chi connectivity index (χ4n) is 2.49. The van der Waals surface area contributed by atoms with Gasteiger partial charge in [0.15, 0.2) is 5.69 Å². The Bertz CT molecular complexity index is 407. The van der Waals surface area contributed by atoms with Crippen LogP contribution in [0.3, 0.4) is 0 Å². The van der Waals surface area contributed by atoms with E-state index in [9.17, 15) is 4.79 Å². The molecule has 0 aromatic carbocycles. The van der Waals surface area contributed by atoms with E-state index in [1.54, 1.807) is 10.9 Å². The smallest absolute Gasteiger partial charge is 0.273 e. The van der Waals surface area contributed by atoms with Crippen LogP contribution >= 0.6 is 0 Å². The summed E-state index contributed by atoms with van der Waals surface area (Å²) in [5, 5.41) is 7.12. The lowest BCUT2D eigenvalue weighted by molar-refractivity contribution is 0.0938. The van der Waals surface area contributed by atoms with Gasteiger partial charge < -0.3 is 11.1 Å². The molecule has 1 amide bonds. The monoisotopic (exact) mass is 250 g/mol. The van der Waals surface area contributed by atoms with Gasteiger partial charge in [-0.15, -0.1) is 0 Å². The molecular weight excluding hydrogens is 228 g/mol. The molecule has 5 heteroatoms. The highest BCUT2D eigenvalue weighted by Crippen LogP contribution is 2.22. The normalized spacial score (nSPS) is 16.7. The molecule has 18 heavy (non-hydrogen) atoms. The van der Waals surface area contributed by atoms with Crippen LogP contribution in [0.2, 0.25) is 0 Å². The van der Waals surface area contributed by atoms with Gasteiger partial charge in [-0.2, -0.15) is 5.10 Å². The highest BCUT2D eigenvalue weighted by Gasteiger charge is 2.17. The number of nitrogens with zero attached hydrogens (tertiary/aromatic N) is 2. The molecule has 2 rings (SSSR count). The Labute approximate surface area is 108 Å². The molecule has 1 aromatic rings. The van der Waals surface area contributed by atoms with Gasteiger partial charge in [-0.1, -0.05) is 19.3 Å². The minimum atomic E-state index is -0.148. The number of hydrogen-bond donors (Lipinski definition) is 2. The Hall–Kier alpha value is -1.52. The Kier molecular flexibility index (Phi) is 4.23. The number of nitrogens with one attached hydrogen (secondary N) is 1. The summed E-state index contributed by atoms with van der Waals surface area (Å²) in [4.78, 5) is 12.0. The molecule has 1 heterocycles. The molecule has 1 aromatic heterocycles. The highest BCUT2D eigenvalue weighted by molar-refractivity contribution is 5.96. The van der Waals surface area contributed by atoms with E-state index in [-0.39, 0.29) is 5.91 Å². The van der Waals surface area contributed by atoms with Crippen LogP contribution in [0.5, 0.6) is 0 Å². The number of rotatable bonds is 4. The minimum absolute atomic E-state index is 0.148. The lowest BCUT2D eigenvalue weighted by Crippen LogP contribution is -2.31. The van der Waals surface area contributed by atoms with E-state index in [1.807, 2.05) is 6.92 Å². The molecular formula is C13H22N4O. The van der Waals surface area contributed by atoms with Crippen molar-refractivity contribution in [1.29, 1.82) is 0 Å². The lowest BCUT2D eigenvalue weighted by atomic mass is 9.89. The largest absolute Gasteiger partial charge is 0.396 e. The van der Waals surface area contributed by atoms with Gasteiger partial charge >= 0.3 is 0 Å². The quantitative estimate of drug-likeness (QED) is 0.855. The van der Waals surface area contributed by atoms with Crippen LogP contribution in [-0.4, -0.2) is 22.2 Å². The maximum absolute atomic E-state index is 12.0. The van der Waals surface area contributed by atoms with Crippen molar-refractivity contribution >= 4 is 11.6 Å². The summed E-state index contributed by atoms with van der Waals surface area (Å²) in [5.74, 6) is 0.474. The van der Waals surface area contributed by atoms with Crippen LogP contribution in [-0.2, 0) is 6.54 Å². The van der Waals surface area contributed by atoms with Gasteiger partial charge in [-0.25, -0.2) is 0 Å². The first-order valence-corrected chi connectivity index (χ1v) is 6.81. The van der Waals surface area contributed by atoms with Gasteiger partial charge in [0.2, 0.25) is 0 Å². The Morgan fingerprint density at radius 3 is 2.83 bits per heavy atom. The lowest BCUT2D eigenvalue weighted by Gasteiger charge is -2.21. The van der Waals surface area contributed by atoms with Crippen molar-refractivity contribution in [3.05, 3.63) is 11.9 Å². The summed E-state index contributed by atoms with van der Waals surface area (Å²) in [5.41, 5.74) is 6.59. The van der Waals surface area contributed by atoms with Crippen LogP contribution in [0.4, 0.5) is 5.69 Å². The fraction of sp³-hybridized carbons (Fsp3) is 0.692. The average molecular weight is 250 g/mol. The predicted octanol–water partition coefficient (Wildman–Crippen LogP) is 1.80. The number of aryl methyl sites for hydroxylation is 1. The number of carbonyl (C=O) groups excluding carboxylic acids is 1. The maximum atomic E-state index is 12.0. The number of amides is 1. The topological polar surface area (TPSA) is 72.9 Å². The number of aromatic nitrogens is 2. The van der Waals surface area contributed by atoms with Crippen molar-refractivity contribution in [2.24, 2.45) is 5.92 Å². The van der Waals surface area contributed by atoms with Crippen molar-refractivity contribution in [3.63, 3.8) is 0 Å². The summed E-state index contributed by atoms with van der Waals surface area (Å²) in [7, 11) is 0. The third-order valence-electron chi connectivity index (χ3n) is 3.61. The minimum Gasteiger partial charge on any atom is -0.396 e. The van der Waals surface area contributed by atoms with Crippen LogP contribution in [0.25, 0.3) is 0 Å². The number of nitrogen functional groups attached to an aromatic ring is 1. The first kappa shape index (κ1) is 12.9. The molecule has 0 bridgehead atoms. The average Bonchev–Trinajstić information content (AvgIpc) is 2.78. The van der Waals surface area contributed by atoms with E-state index in [2.05, 4.69) is 10.4 Å². The molecule has 0 atom stereocenters. The van der Waals surface area contributed by atoms with E-state index in [1.165, 1.54) is 32.1 Å². The van der Waals surface area contributed by atoms with Gasteiger partial charge in [0, 0.05) is 19.3 Å². The van der Waals surface area contributed by atoms with Gasteiger partial charge in [-0.05, 0) is 25.7 Å². The summed E-state index contributed by atoms with van der Waals surface area (Å²) in [6.07, 6.45) is 8.05. The van der Waals surface area contributed by atoms with E-state index in [4.69, 9.17) is 5.73 Å². The third kappa shape index (κ3) is 3.03. The first-order valence-electron chi connectivity index (χ1n) is 6.81. The van der Waals surface area contributed by atoms with Crippen LogP contribution in [0.15, 0.2) is 6.20 Å². The Balaban J connectivity index is 1.88. The van der Waals surface area contributed by atoms with Gasteiger partial charge in [0.1, 0.15) is 0 Å². The van der Waals surface area contributed by atoms with Crippen molar-refractivity contribution in [2.45, 2.75) is 45.6 Å². The second kappa shape index (κ2) is 5.89. The van der Waals surface area contributed by atoms with E-state index >= 15 is 0 Å². The molecule has 0 radical (unpaired) electrons. The number of hydrogen-bond acceptors (Lipinski definition) is 3. The van der Waals surface area contributed by atoms with Crippen molar-refractivity contribution in [2.75, 3.05) is 12.3 Å². The molecule has 0 unspecified atom stereocenters. The summed E-state index contributed by atoms with van der Waals surface area (Å²) < 4.78 is 1.69. The Morgan fingerprint density at radius 2 is 2.22 bits per heavy atom. The zero-order valence-electron chi connectivity index (χ0n) is 11.0. The van der Waals surface area contributed by atoms with E-state index in [0.717, 1.165) is 13.1 Å². The van der Waals surface area contributed by atoms with E-state index in [0.29, 0.717) is 17.3 Å². The SMILES string of the molecule is CCn1cc(N)c(C(=O)NCC2CCCCC2)n1.